The Morgan fingerprint density at radius 3 is 2.86 bits per heavy atom. The number of nitrogens with zero attached hydrogens (tertiary/aromatic N) is 1. The zero-order valence-corrected chi connectivity index (χ0v) is 8.54. The highest BCUT2D eigenvalue weighted by molar-refractivity contribution is 5.78. The number of hydrogen-bond acceptors (Lipinski definition) is 3. The molecule has 80 valence electrons. The monoisotopic (exact) mass is 197 g/mol. The summed E-state index contributed by atoms with van der Waals surface area (Å²) < 4.78 is 0. The van der Waals surface area contributed by atoms with Crippen LogP contribution in [-0.2, 0) is 4.79 Å². The molecular formula is C10H19N3O. The first-order valence-corrected chi connectivity index (χ1v) is 5.57. The van der Waals surface area contributed by atoms with Crippen LogP contribution in [0.5, 0.6) is 0 Å². The van der Waals surface area contributed by atoms with Crippen LogP contribution >= 0.6 is 0 Å². The summed E-state index contributed by atoms with van der Waals surface area (Å²) in [4.78, 5) is 13.5. The summed E-state index contributed by atoms with van der Waals surface area (Å²) in [7, 11) is 0. The van der Waals surface area contributed by atoms with Crippen molar-refractivity contribution in [3.8, 4) is 0 Å². The van der Waals surface area contributed by atoms with E-state index in [2.05, 4.69) is 5.32 Å². The number of hydrogen-bond donors (Lipinski definition) is 2. The summed E-state index contributed by atoms with van der Waals surface area (Å²) in [6.07, 6.45) is 5.30. The lowest BCUT2D eigenvalue weighted by atomic mass is 10.3. The second kappa shape index (κ2) is 4.28. The second-order valence-electron chi connectivity index (χ2n) is 4.22. The topological polar surface area (TPSA) is 58.4 Å². The van der Waals surface area contributed by atoms with Crippen LogP contribution in [-0.4, -0.2) is 36.1 Å². The molecule has 1 saturated heterocycles. The minimum Gasteiger partial charge on any atom is -0.330 e. The van der Waals surface area contributed by atoms with Gasteiger partial charge in [-0.05, 0) is 32.2 Å². The number of amides is 1. The Morgan fingerprint density at radius 2 is 2.36 bits per heavy atom. The normalized spacial score (nSPS) is 24.4. The first-order chi connectivity index (χ1) is 6.81. The molecule has 2 rings (SSSR count). The van der Waals surface area contributed by atoms with E-state index in [9.17, 15) is 4.79 Å². The van der Waals surface area contributed by atoms with Crippen molar-refractivity contribution in [2.75, 3.05) is 13.1 Å². The summed E-state index contributed by atoms with van der Waals surface area (Å²) in [5.74, 6) is 0.289. The third-order valence-electron chi connectivity index (χ3n) is 2.93. The van der Waals surface area contributed by atoms with Crippen LogP contribution in [0.15, 0.2) is 0 Å². The van der Waals surface area contributed by atoms with Crippen molar-refractivity contribution >= 4 is 5.91 Å². The summed E-state index contributed by atoms with van der Waals surface area (Å²) in [6, 6.07) is 0.639. The zero-order valence-electron chi connectivity index (χ0n) is 8.54. The summed E-state index contributed by atoms with van der Waals surface area (Å²) in [6.45, 7) is 1.55. The lowest BCUT2D eigenvalue weighted by Gasteiger charge is -2.28. The van der Waals surface area contributed by atoms with Crippen LogP contribution in [0.25, 0.3) is 0 Å². The van der Waals surface area contributed by atoms with Gasteiger partial charge in [0, 0.05) is 19.0 Å². The van der Waals surface area contributed by atoms with Gasteiger partial charge in [0.05, 0.1) is 6.17 Å². The van der Waals surface area contributed by atoms with Crippen molar-refractivity contribution in [1.82, 2.24) is 10.2 Å². The van der Waals surface area contributed by atoms with Gasteiger partial charge in [0.2, 0.25) is 5.91 Å². The van der Waals surface area contributed by atoms with E-state index in [-0.39, 0.29) is 12.1 Å². The molecule has 14 heavy (non-hydrogen) atoms. The SMILES string of the molecule is NCCC(NC1CC1)N1CCCC1=O. The van der Waals surface area contributed by atoms with Gasteiger partial charge in [0.25, 0.3) is 0 Å². The molecule has 0 radical (unpaired) electrons. The molecule has 4 heteroatoms. The maximum absolute atomic E-state index is 11.5. The molecule has 0 aromatic heterocycles. The van der Waals surface area contributed by atoms with E-state index in [0.29, 0.717) is 19.0 Å². The van der Waals surface area contributed by atoms with E-state index in [1.54, 1.807) is 0 Å². The minimum atomic E-state index is 0.197. The Hall–Kier alpha value is -0.610. The maximum atomic E-state index is 11.5. The van der Waals surface area contributed by atoms with Gasteiger partial charge < -0.3 is 10.6 Å². The van der Waals surface area contributed by atoms with Crippen molar-refractivity contribution in [3.63, 3.8) is 0 Å². The Kier molecular flexibility index (Phi) is 3.03. The smallest absolute Gasteiger partial charge is 0.223 e. The Labute approximate surface area is 84.8 Å². The van der Waals surface area contributed by atoms with Gasteiger partial charge in [-0.25, -0.2) is 0 Å². The molecule has 0 spiro atoms. The highest BCUT2D eigenvalue weighted by atomic mass is 16.2. The average molecular weight is 197 g/mol. The molecule has 1 aliphatic carbocycles. The van der Waals surface area contributed by atoms with Gasteiger partial charge in [-0.1, -0.05) is 0 Å². The first kappa shape index (κ1) is 9.93. The predicted octanol–water partition coefficient (Wildman–Crippen LogP) is 0.0357. The lowest BCUT2D eigenvalue weighted by Crippen LogP contribution is -2.48. The molecular weight excluding hydrogens is 178 g/mol. The molecule has 1 unspecified atom stereocenters. The van der Waals surface area contributed by atoms with Crippen LogP contribution in [0.1, 0.15) is 32.1 Å². The van der Waals surface area contributed by atoms with E-state index in [0.717, 1.165) is 19.4 Å². The van der Waals surface area contributed by atoms with Gasteiger partial charge in [0.1, 0.15) is 0 Å². The van der Waals surface area contributed by atoms with Gasteiger partial charge >= 0.3 is 0 Å². The third kappa shape index (κ3) is 2.25. The lowest BCUT2D eigenvalue weighted by molar-refractivity contribution is -0.130. The van der Waals surface area contributed by atoms with Gasteiger partial charge in [-0.2, -0.15) is 0 Å². The van der Waals surface area contributed by atoms with E-state index in [1.165, 1.54) is 12.8 Å². The minimum absolute atomic E-state index is 0.197. The van der Waals surface area contributed by atoms with Crippen molar-refractivity contribution in [1.29, 1.82) is 0 Å². The quantitative estimate of drug-likeness (QED) is 0.654. The Balaban J connectivity index is 1.89. The first-order valence-electron chi connectivity index (χ1n) is 5.57. The fourth-order valence-corrected chi connectivity index (χ4v) is 2.01. The molecule has 0 aromatic carbocycles. The standard InChI is InChI=1S/C10H19N3O/c11-6-5-9(12-8-3-4-8)13-7-1-2-10(13)14/h8-9,12H,1-7,11H2. The molecule has 2 fully saturated rings. The zero-order chi connectivity index (χ0) is 9.97. The van der Waals surface area contributed by atoms with E-state index < -0.39 is 0 Å². The molecule has 1 atom stereocenters. The second-order valence-corrected chi connectivity index (χ2v) is 4.22. The average Bonchev–Trinajstić information content (AvgIpc) is 2.87. The Morgan fingerprint density at radius 1 is 1.57 bits per heavy atom. The molecule has 0 bridgehead atoms. The number of nitrogens with two attached hydrogens (primary N) is 1. The van der Waals surface area contributed by atoms with Gasteiger partial charge in [0.15, 0.2) is 0 Å². The number of likely N-dealkylation sites (tertiary alicyclic amines) is 1. The van der Waals surface area contributed by atoms with Crippen molar-refractivity contribution in [2.24, 2.45) is 5.73 Å². The predicted molar refractivity (Wildman–Crippen MR) is 54.6 cm³/mol. The molecule has 1 amide bonds. The number of carbonyl (C=O) groups is 1. The maximum Gasteiger partial charge on any atom is 0.223 e. The third-order valence-corrected chi connectivity index (χ3v) is 2.93. The highest BCUT2D eigenvalue weighted by Crippen LogP contribution is 2.22. The van der Waals surface area contributed by atoms with Crippen LogP contribution in [0.2, 0.25) is 0 Å². The van der Waals surface area contributed by atoms with Gasteiger partial charge in [-0.15, -0.1) is 0 Å². The molecule has 0 aromatic rings. The van der Waals surface area contributed by atoms with Crippen molar-refractivity contribution < 1.29 is 4.79 Å². The van der Waals surface area contributed by atoms with Crippen molar-refractivity contribution in [3.05, 3.63) is 0 Å². The molecule has 1 heterocycles. The fourth-order valence-electron chi connectivity index (χ4n) is 2.01. The molecule has 1 saturated carbocycles. The summed E-state index contributed by atoms with van der Waals surface area (Å²) >= 11 is 0. The summed E-state index contributed by atoms with van der Waals surface area (Å²) in [5.41, 5.74) is 5.56. The van der Waals surface area contributed by atoms with Crippen molar-refractivity contribution in [2.45, 2.75) is 44.3 Å². The molecule has 1 aliphatic heterocycles. The summed E-state index contributed by atoms with van der Waals surface area (Å²) in [5, 5.41) is 3.49. The number of nitrogens with one attached hydrogen (secondary N) is 1. The molecule has 4 nitrogen and oxygen atoms in total. The fraction of sp³-hybridized carbons (Fsp3) is 0.900. The van der Waals surface area contributed by atoms with Crippen LogP contribution in [0, 0.1) is 0 Å². The van der Waals surface area contributed by atoms with Crippen LogP contribution < -0.4 is 11.1 Å². The molecule has 3 N–H and O–H groups in total. The van der Waals surface area contributed by atoms with Crippen LogP contribution in [0.3, 0.4) is 0 Å². The number of rotatable bonds is 5. The van der Waals surface area contributed by atoms with E-state index >= 15 is 0 Å². The largest absolute Gasteiger partial charge is 0.330 e. The Bertz CT molecular complexity index is 215. The van der Waals surface area contributed by atoms with E-state index in [4.69, 9.17) is 5.73 Å². The van der Waals surface area contributed by atoms with Crippen LogP contribution in [0.4, 0.5) is 0 Å². The number of carbonyl (C=O) groups excluding carboxylic acids is 1. The van der Waals surface area contributed by atoms with Gasteiger partial charge in [-0.3, -0.25) is 10.1 Å². The highest BCUT2D eigenvalue weighted by Gasteiger charge is 2.31. The molecule has 2 aliphatic rings. The van der Waals surface area contributed by atoms with E-state index in [1.807, 2.05) is 4.90 Å².